The van der Waals surface area contributed by atoms with Crippen molar-refractivity contribution in [2.45, 2.75) is 33.2 Å². The molecule has 0 aliphatic rings. The number of carbonyl (C=O) groups excluding carboxylic acids is 2. The molecule has 1 atom stereocenters. The lowest BCUT2D eigenvalue weighted by Crippen LogP contribution is -2.41. The summed E-state index contributed by atoms with van der Waals surface area (Å²) in [5.41, 5.74) is 1.90. The Morgan fingerprint density at radius 2 is 1.68 bits per heavy atom. The van der Waals surface area contributed by atoms with Crippen molar-refractivity contribution in [1.82, 2.24) is 10.2 Å². The third-order valence-electron chi connectivity index (χ3n) is 4.61. The van der Waals surface area contributed by atoms with Crippen molar-refractivity contribution in [2.24, 2.45) is 5.41 Å². The van der Waals surface area contributed by atoms with Crippen LogP contribution < -0.4 is 10.6 Å². The van der Waals surface area contributed by atoms with E-state index in [-0.39, 0.29) is 17.9 Å². The van der Waals surface area contributed by atoms with Gasteiger partial charge in [-0.1, -0.05) is 57.2 Å². The second kappa shape index (κ2) is 9.51. The standard InChI is InChI=1S/C23H31N3O2/c1-23(2,3)22(28)25-19-13-9-12-18(15-19)21(27)24-16-20(26(4)5)14-17-10-7-6-8-11-17/h6-13,15,20H,14,16H2,1-5H3,(H,24,27)(H,25,28). The number of hydrogen-bond donors (Lipinski definition) is 2. The van der Waals surface area contributed by atoms with E-state index in [1.807, 2.05) is 53.1 Å². The number of benzene rings is 2. The van der Waals surface area contributed by atoms with Gasteiger partial charge in [-0.15, -0.1) is 0 Å². The van der Waals surface area contributed by atoms with E-state index in [9.17, 15) is 9.59 Å². The largest absolute Gasteiger partial charge is 0.350 e. The zero-order valence-corrected chi connectivity index (χ0v) is 17.5. The summed E-state index contributed by atoms with van der Waals surface area (Å²) in [5, 5.41) is 5.88. The number of likely N-dealkylation sites (N-methyl/N-ethyl adjacent to an activating group) is 1. The topological polar surface area (TPSA) is 61.4 Å². The van der Waals surface area contributed by atoms with E-state index >= 15 is 0 Å². The molecule has 5 heteroatoms. The third-order valence-corrected chi connectivity index (χ3v) is 4.61. The highest BCUT2D eigenvalue weighted by Gasteiger charge is 2.21. The molecule has 0 aliphatic carbocycles. The Hall–Kier alpha value is -2.66. The molecule has 2 aromatic carbocycles. The Morgan fingerprint density at radius 1 is 1.00 bits per heavy atom. The molecule has 0 saturated carbocycles. The van der Waals surface area contributed by atoms with Crippen LogP contribution in [0, 0.1) is 5.41 Å². The molecule has 28 heavy (non-hydrogen) atoms. The Balaban J connectivity index is 1.99. The van der Waals surface area contributed by atoms with E-state index in [1.54, 1.807) is 24.3 Å². The van der Waals surface area contributed by atoms with Crippen LogP contribution in [0.15, 0.2) is 54.6 Å². The monoisotopic (exact) mass is 381 g/mol. The fraction of sp³-hybridized carbons (Fsp3) is 0.391. The molecular formula is C23H31N3O2. The molecule has 0 fully saturated rings. The summed E-state index contributed by atoms with van der Waals surface area (Å²) in [7, 11) is 4.03. The third kappa shape index (κ3) is 6.50. The van der Waals surface area contributed by atoms with Crippen LogP contribution >= 0.6 is 0 Å². The van der Waals surface area contributed by atoms with Gasteiger partial charge < -0.3 is 15.5 Å². The maximum absolute atomic E-state index is 12.6. The van der Waals surface area contributed by atoms with Crippen molar-refractivity contribution in [1.29, 1.82) is 0 Å². The molecule has 0 bridgehead atoms. The van der Waals surface area contributed by atoms with E-state index in [0.717, 1.165) is 6.42 Å². The highest BCUT2D eigenvalue weighted by molar-refractivity contribution is 5.98. The van der Waals surface area contributed by atoms with Gasteiger partial charge >= 0.3 is 0 Å². The maximum Gasteiger partial charge on any atom is 0.251 e. The molecule has 5 nitrogen and oxygen atoms in total. The normalized spacial score (nSPS) is 12.5. The predicted molar refractivity (Wildman–Crippen MR) is 114 cm³/mol. The van der Waals surface area contributed by atoms with E-state index in [4.69, 9.17) is 0 Å². The Labute approximate surface area is 168 Å². The number of nitrogens with zero attached hydrogens (tertiary/aromatic N) is 1. The molecule has 0 saturated heterocycles. The molecular weight excluding hydrogens is 350 g/mol. The number of carbonyl (C=O) groups is 2. The van der Waals surface area contributed by atoms with E-state index in [1.165, 1.54) is 5.56 Å². The fourth-order valence-electron chi connectivity index (χ4n) is 2.69. The molecule has 0 aromatic heterocycles. The summed E-state index contributed by atoms with van der Waals surface area (Å²) in [5.74, 6) is -0.229. The summed E-state index contributed by atoms with van der Waals surface area (Å²) >= 11 is 0. The first-order chi connectivity index (χ1) is 13.2. The number of hydrogen-bond acceptors (Lipinski definition) is 3. The predicted octanol–water partition coefficient (Wildman–Crippen LogP) is 3.57. The van der Waals surface area contributed by atoms with E-state index in [2.05, 4.69) is 27.7 Å². The quantitative estimate of drug-likeness (QED) is 0.771. The number of amides is 2. The molecule has 1 unspecified atom stereocenters. The van der Waals surface area contributed by atoms with Crippen molar-refractivity contribution in [3.63, 3.8) is 0 Å². The van der Waals surface area contributed by atoms with Crippen LogP contribution in [0.3, 0.4) is 0 Å². The lowest BCUT2D eigenvalue weighted by atomic mass is 9.95. The average molecular weight is 382 g/mol. The fourth-order valence-corrected chi connectivity index (χ4v) is 2.69. The Kier molecular flexibility index (Phi) is 7.35. The highest BCUT2D eigenvalue weighted by Crippen LogP contribution is 2.18. The molecule has 2 N–H and O–H groups in total. The van der Waals surface area contributed by atoms with Crippen molar-refractivity contribution in [3.8, 4) is 0 Å². The Bertz CT molecular complexity index is 795. The molecule has 2 amide bonds. The number of anilines is 1. The molecule has 0 spiro atoms. The molecule has 2 rings (SSSR count). The van der Waals surface area contributed by atoms with Gasteiger partial charge in [0.1, 0.15) is 0 Å². The summed E-state index contributed by atoms with van der Waals surface area (Å²) in [4.78, 5) is 26.9. The summed E-state index contributed by atoms with van der Waals surface area (Å²) in [6, 6.07) is 17.5. The lowest BCUT2D eigenvalue weighted by Gasteiger charge is -2.25. The van der Waals surface area contributed by atoms with Gasteiger partial charge in [-0.25, -0.2) is 0 Å². The van der Waals surface area contributed by atoms with Crippen molar-refractivity contribution in [3.05, 3.63) is 65.7 Å². The van der Waals surface area contributed by atoms with Crippen LogP contribution in [0.2, 0.25) is 0 Å². The van der Waals surface area contributed by atoms with Crippen LogP contribution in [0.5, 0.6) is 0 Å². The first-order valence-electron chi connectivity index (χ1n) is 9.57. The zero-order valence-electron chi connectivity index (χ0n) is 17.5. The summed E-state index contributed by atoms with van der Waals surface area (Å²) in [6.45, 7) is 6.10. The van der Waals surface area contributed by atoms with Crippen LogP contribution in [0.4, 0.5) is 5.69 Å². The van der Waals surface area contributed by atoms with Crippen molar-refractivity contribution >= 4 is 17.5 Å². The van der Waals surface area contributed by atoms with Gasteiger partial charge in [-0.3, -0.25) is 9.59 Å². The van der Waals surface area contributed by atoms with Crippen molar-refractivity contribution in [2.75, 3.05) is 26.0 Å². The van der Waals surface area contributed by atoms with E-state index in [0.29, 0.717) is 17.8 Å². The molecule has 0 heterocycles. The molecule has 0 aliphatic heterocycles. The minimum absolute atomic E-state index is 0.0828. The lowest BCUT2D eigenvalue weighted by molar-refractivity contribution is -0.123. The van der Waals surface area contributed by atoms with Crippen molar-refractivity contribution < 1.29 is 9.59 Å². The van der Waals surface area contributed by atoms with Crippen LogP contribution in [0.1, 0.15) is 36.7 Å². The van der Waals surface area contributed by atoms with Crippen LogP contribution in [-0.4, -0.2) is 43.4 Å². The minimum atomic E-state index is -0.491. The van der Waals surface area contributed by atoms with Gasteiger partial charge in [0, 0.05) is 29.3 Å². The zero-order chi connectivity index (χ0) is 20.7. The highest BCUT2D eigenvalue weighted by atomic mass is 16.2. The smallest absolute Gasteiger partial charge is 0.251 e. The minimum Gasteiger partial charge on any atom is -0.350 e. The second-order valence-corrected chi connectivity index (χ2v) is 8.30. The Morgan fingerprint density at radius 3 is 2.29 bits per heavy atom. The average Bonchev–Trinajstić information content (AvgIpc) is 2.65. The first kappa shape index (κ1) is 21.6. The van der Waals surface area contributed by atoms with Gasteiger partial charge in [0.15, 0.2) is 0 Å². The van der Waals surface area contributed by atoms with Gasteiger partial charge in [-0.05, 0) is 44.3 Å². The SMILES string of the molecule is CN(C)C(CNC(=O)c1cccc(NC(=O)C(C)(C)C)c1)Cc1ccccc1. The maximum atomic E-state index is 12.6. The van der Waals surface area contributed by atoms with Gasteiger partial charge in [-0.2, -0.15) is 0 Å². The molecule has 150 valence electrons. The van der Waals surface area contributed by atoms with Gasteiger partial charge in [0.25, 0.3) is 5.91 Å². The van der Waals surface area contributed by atoms with Crippen LogP contribution in [-0.2, 0) is 11.2 Å². The van der Waals surface area contributed by atoms with Gasteiger partial charge in [0.05, 0.1) is 0 Å². The van der Waals surface area contributed by atoms with E-state index < -0.39 is 5.41 Å². The molecule has 2 aromatic rings. The van der Waals surface area contributed by atoms with Gasteiger partial charge in [0.2, 0.25) is 5.91 Å². The summed E-state index contributed by atoms with van der Waals surface area (Å²) < 4.78 is 0. The number of nitrogens with one attached hydrogen (secondary N) is 2. The second-order valence-electron chi connectivity index (χ2n) is 8.30. The summed E-state index contributed by atoms with van der Waals surface area (Å²) in [6.07, 6.45) is 0.857. The molecule has 0 radical (unpaired) electrons. The number of rotatable bonds is 7. The van der Waals surface area contributed by atoms with Crippen LogP contribution in [0.25, 0.3) is 0 Å². The first-order valence-corrected chi connectivity index (χ1v) is 9.57.